The predicted octanol–water partition coefficient (Wildman–Crippen LogP) is 3.16. The van der Waals surface area contributed by atoms with Gasteiger partial charge in [0.15, 0.2) is 0 Å². The van der Waals surface area contributed by atoms with Crippen LogP contribution in [0, 0.1) is 0 Å². The molecule has 2 aliphatic heterocycles. The van der Waals surface area contributed by atoms with Gasteiger partial charge in [0.1, 0.15) is 17.5 Å². The lowest BCUT2D eigenvalue weighted by atomic mass is 10.1. The SMILES string of the molecule is COc1cc(OC)c(NC(=O)[C@@H]2CCC(=O)N2[C@H]2OC(=O)c3ccccc32)cc1Cl. The smallest absolute Gasteiger partial charge is 0.340 e. The Bertz CT molecular complexity index is 1040. The van der Waals surface area contributed by atoms with Crippen molar-refractivity contribution in [3.05, 3.63) is 52.5 Å². The largest absolute Gasteiger partial charge is 0.495 e. The van der Waals surface area contributed by atoms with Crippen LogP contribution in [0.4, 0.5) is 5.69 Å². The Balaban J connectivity index is 1.61. The van der Waals surface area contributed by atoms with Crippen molar-refractivity contribution in [2.24, 2.45) is 0 Å². The van der Waals surface area contributed by atoms with Gasteiger partial charge in [-0.2, -0.15) is 0 Å². The van der Waals surface area contributed by atoms with Crippen molar-refractivity contribution in [1.29, 1.82) is 0 Å². The summed E-state index contributed by atoms with van der Waals surface area (Å²) >= 11 is 6.18. The molecule has 8 nitrogen and oxygen atoms in total. The molecule has 9 heteroatoms. The maximum absolute atomic E-state index is 13.1. The molecule has 0 unspecified atom stereocenters. The van der Waals surface area contributed by atoms with E-state index in [4.69, 9.17) is 25.8 Å². The van der Waals surface area contributed by atoms with Crippen molar-refractivity contribution in [2.45, 2.75) is 25.1 Å². The topological polar surface area (TPSA) is 94.2 Å². The average molecular weight is 431 g/mol. The highest BCUT2D eigenvalue weighted by atomic mass is 35.5. The van der Waals surface area contributed by atoms with Crippen molar-refractivity contribution >= 4 is 35.1 Å². The third-order valence-electron chi connectivity index (χ3n) is 5.21. The number of nitrogens with zero attached hydrogens (tertiary/aromatic N) is 1. The molecule has 2 aliphatic rings. The first-order valence-corrected chi connectivity index (χ1v) is 9.66. The fraction of sp³-hybridized carbons (Fsp3) is 0.286. The van der Waals surface area contributed by atoms with Crippen LogP contribution in [0.2, 0.25) is 5.02 Å². The first kappa shape index (κ1) is 20.0. The Kier molecular flexibility index (Phi) is 5.26. The van der Waals surface area contributed by atoms with Crippen LogP contribution >= 0.6 is 11.6 Å². The van der Waals surface area contributed by atoms with E-state index in [2.05, 4.69) is 5.32 Å². The Hall–Kier alpha value is -3.26. The van der Waals surface area contributed by atoms with Crippen LogP contribution < -0.4 is 14.8 Å². The van der Waals surface area contributed by atoms with Crippen LogP contribution in [-0.2, 0) is 14.3 Å². The number of carbonyl (C=O) groups excluding carboxylic acids is 3. The van der Waals surface area contributed by atoms with E-state index in [1.165, 1.54) is 25.2 Å². The van der Waals surface area contributed by atoms with Crippen LogP contribution in [-0.4, -0.2) is 42.9 Å². The predicted molar refractivity (Wildman–Crippen MR) is 108 cm³/mol. The van der Waals surface area contributed by atoms with E-state index in [-0.39, 0.29) is 12.3 Å². The van der Waals surface area contributed by atoms with E-state index in [1.807, 2.05) is 0 Å². The number of fused-ring (bicyclic) bond motifs is 1. The normalized spacial score (nSPS) is 20.0. The van der Waals surface area contributed by atoms with Gasteiger partial charge in [0, 0.05) is 18.1 Å². The van der Waals surface area contributed by atoms with Crippen molar-refractivity contribution in [3.63, 3.8) is 0 Å². The zero-order valence-electron chi connectivity index (χ0n) is 16.3. The molecule has 2 aromatic carbocycles. The molecule has 156 valence electrons. The number of esters is 1. The lowest BCUT2D eigenvalue weighted by molar-refractivity contribution is -0.144. The van der Waals surface area contributed by atoms with E-state index in [0.29, 0.717) is 39.8 Å². The Morgan fingerprint density at radius 2 is 1.90 bits per heavy atom. The fourth-order valence-corrected chi connectivity index (χ4v) is 4.00. The van der Waals surface area contributed by atoms with E-state index in [0.717, 1.165) is 0 Å². The zero-order chi connectivity index (χ0) is 21.4. The maximum atomic E-state index is 13.1. The number of hydrogen-bond donors (Lipinski definition) is 1. The van der Waals surface area contributed by atoms with Gasteiger partial charge >= 0.3 is 5.97 Å². The summed E-state index contributed by atoms with van der Waals surface area (Å²) in [6.07, 6.45) is -0.456. The third kappa shape index (κ3) is 3.33. The van der Waals surface area contributed by atoms with Crippen molar-refractivity contribution in [1.82, 2.24) is 4.90 Å². The summed E-state index contributed by atoms with van der Waals surface area (Å²) < 4.78 is 15.9. The number of halogens is 1. The van der Waals surface area contributed by atoms with Gasteiger partial charge in [-0.25, -0.2) is 4.79 Å². The number of ether oxygens (including phenoxy) is 3. The number of likely N-dealkylation sites (tertiary alicyclic amines) is 1. The van der Waals surface area contributed by atoms with Gasteiger partial charge in [-0.05, 0) is 18.6 Å². The second kappa shape index (κ2) is 7.87. The molecule has 2 amide bonds. The molecule has 0 radical (unpaired) electrons. The molecule has 1 saturated heterocycles. The number of rotatable bonds is 5. The summed E-state index contributed by atoms with van der Waals surface area (Å²) in [7, 11) is 2.93. The first-order chi connectivity index (χ1) is 14.4. The lowest BCUT2D eigenvalue weighted by Crippen LogP contribution is -2.43. The average Bonchev–Trinajstić information content (AvgIpc) is 3.28. The maximum Gasteiger partial charge on any atom is 0.340 e. The Labute approximate surface area is 177 Å². The van der Waals surface area contributed by atoms with Crippen LogP contribution in [0.3, 0.4) is 0 Å². The molecular formula is C21H19ClN2O6. The van der Waals surface area contributed by atoms with Crippen LogP contribution in [0.25, 0.3) is 0 Å². The van der Waals surface area contributed by atoms with Gasteiger partial charge in [0.2, 0.25) is 18.0 Å². The van der Waals surface area contributed by atoms with E-state index in [9.17, 15) is 14.4 Å². The standard InChI is InChI=1S/C21H19ClN2O6/c1-28-16-10-17(29-2)14(9-13(16)22)23-19(26)15-7-8-18(25)24(15)20-11-5-3-4-6-12(11)21(27)30-20/h3-6,9-10,15,20H,7-8H2,1-2H3,(H,23,26)/t15-,20-/m0/s1. The molecule has 4 rings (SSSR count). The Morgan fingerprint density at radius 1 is 1.17 bits per heavy atom. The molecule has 0 aromatic heterocycles. The highest BCUT2D eigenvalue weighted by Crippen LogP contribution is 2.40. The van der Waals surface area contributed by atoms with E-state index < -0.39 is 24.1 Å². The quantitative estimate of drug-likeness (QED) is 0.732. The van der Waals surface area contributed by atoms with Gasteiger partial charge in [-0.1, -0.05) is 29.8 Å². The first-order valence-electron chi connectivity index (χ1n) is 9.28. The summed E-state index contributed by atoms with van der Waals surface area (Å²) in [5, 5.41) is 3.06. The van der Waals surface area contributed by atoms with Gasteiger partial charge in [0.05, 0.1) is 30.5 Å². The highest BCUT2D eigenvalue weighted by molar-refractivity contribution is 6.32. The van der Waals surface area contributed by atoms with Gasteiger partial charge in [-0.15, -0.1) is 0 Å². The second-order valence-corrected chi connectivity index (χ2v) is 7.28. The number of anilines is 1. The molecule has 0 saturated carbocycles. The van der Waals surface area contributed by atoms with E-state index in [1.54, 1.807) is 30.3 Å². The van der Waals surface area contributed by atoms with Gasteiger partial charge < -0.3 is 19.5 Å². The van der Waals surface area contributed by atoms with Crippen LogP contribution in [0.5, 0.6) is 11.5 Å². The van der Waals surface area contributed by atoms with E-state index >= 15 is 0 Å². The molecule has 1 N–H and O–H groups in total. The summed E-state index contributed by atoms with van der Waals surface area (Å²) in [6.45, 7) is 0. The minimum absolute atomic E-state index is 0.175. The molecule has 0 bridgehead atoms. The van der Waals surface area contributed by atoms with Crippen LogP contribution in [0.1, 0.15) is 35.0 Å². The monoisotopic (exact) mass is 430 g/mol. The summed E-state index contributed by atoms with van der Waals surface area (Å²) in [6, 6.07) is 9.10. The molecular weight excluding hydrogens is 412 g/mol. The Morgan fingerprint density at radius 3 is 2.63 bits per heavy atom. The fourth-order valence-electron chi connectivity index (χ4n) is 3.76. The molecule has 30 heavy (non-hydrogen) atoms. The molecule has 2 heterocycles. The lowest BCUT2D eigenvalue weighted by Gasteiger charge is -2.29. The number of hydrogen-bond acceptors (Lipinski definition) is 6. The van der Waals surface area contributed by atoms with Crippen molar-refractivity contribution in [2.75, 3.05) is 19.5 Å². The molecule has 0 aliphatic carbocycles. The van der Waals surface area contributed by atoms with Crippen molar-refractivity contribution < 1.29 is 28.6 Å². The third-order valence-corrected chi connectivity index (χ3v) is 5.50. The second-order valence-electron chi connectivity index (χ2n) is 6.88. The highest BCUT2D eigenvalue weighted by Gasteiger charge is 2.46. The summed E-state index contributed by atoms with van der Waals surface area (Å²) in [4.78, 5) is 39.2. The van der Waals surface area contributed by atoms with Crippen LogP contribution in [0.15, 0.2) is 36.4 Å². The van der Waals surface area contributed by atoms with Crippen molar-refractivity contribution in [3.8, 4) is 11.5 Å². The number of carbonyl (C=O) groups is 3. The number of amides is 2. The summed E-state index contributed by atoms with van der Waals surface area (Å²) in [5.74, 6) is -0.444. The minimum atomic E-state index is -0.930. The molecule has 1 fully saturated rings. The zero-order valence-corrected chi connectivity index (χ0v) is 17.1. The molecule has 2 atom stereocenters. The molecule has 0 spiro atoms. The number of benzene rings is 2. The number of nitrogens with one attached hydrogen (secondary N) is 1. The summed E-state index contributed by atoms with van der Waals surface area (Å²) in [5.41, 5.74) is 1.31. The number of cyclic esters (lactones) is 1. The number of methoxy groups -OCH3 is 2. The minimum Gasteiger partial charge on any atom is -0.495 e. The van der Waals surface area contributed by atoms with Gasteiger partial charge in [-0.3, -0.25) is 14.5 Å². The molecule has 2 aromatic rings. The van der Waals surface area contributed by atoms with Gasteiger partial charge in [0.25, 0.3) is 0 Å².